The molecule has 5 nitrogen and oxygen atoms in total. The third kappa shape index (κ3) is 2.40. The minimum absolute atomic E-state index is 0.180. The number of fused-ring (bicyclic) bond motifs is 1. The lowest BCUT2D eigenvalue weighted by molar-refractivity contribution is 0.0378. The van der Waals surface area contributed by atoms with Gasteiger partial charge in [0.15, 0.2) is 0 Å². The maximum atomic E-state index is 11.2. The largest absolute Gasteiger partial charge is 0.383 e. The first-order chi connectivity index (χ1) is 8.15. The Morgan fingerprint density at radius 3 is 3.06 bits per heavy atom. The highest BCUT2D eigenvalue weighted by atomic mass is 16.6. The molecule has 0 heterocycles. The average Bonchev–Trinajstić information content (AvgIpc) is 2.67. The number of hydrogen-bond acceptors (Lipinski definition) is 3. The fraction of sp³-hybridized carbons (Fsp3) is 0.417. The monoisotopic (exact) mass is 236 g/mol. The summed E-state index contributed by atoms with van der Waals surface area (Å²) < 4.78 is 0. The number of hydrogen-bond donors (Lipinski definition) is 3. The van der Waals surface area contributed by atoms with Crippen LogP contribution in [0, 0.1) is 0 Å². The quantitative estimate of drug-likeness (QED) is 0.676. The molecule has 3 N–H and O–H groups in total. The topological polar surface area (TPSA) is 70.6 Å². The van der Waals surface area contributed by atoms with Gasteiger partial charge < -0.3 is 10.4 Å². The summed E-state index contributed by atoms with van der Waals surface area (Å²) in [6.07, 6.45) is 1.46. The zero-order valence-corrected chi connectivity index (χ0v) is 9.69. The lowest BCUT2D eigenvalue weighted by Crippen LogP contribution is -2.43. The van der Waals surface area contributed by atoms with Gasteiger partial charge in [-0.2, -0.15) is 0 Å². The van der Waals surface area contributed by atoms with E-state index in [-0.39, 0.29) is 6.54 Å². The molecule has 0 radical (unpaired) electrons. The molecule has 2 rings (SSSR count). The summed E-state index contributed by atoms with van der Waals surface area (Å²) >= 11 is 0. The van der Waals surface area contributed by atoms with Crippen LogP contribution in [0.1, 0.15) is 17.5 Å². The number of benzene rings is 1. The first-order valence-electron chi connectivity index (χ1n) is 5.53. The van der Waals surface area contributed by atoms with Crippen LogP contribution in [-0.4, -0.2) is 24.8 Å². The molecule has 17 heavy (non-hydrogen) atoms. The molecule has 0 aliphatic heterocycles. The van der Waals surface area contributed by atoms with Crippen molar-refractivity contribution in [3.8, 4) is 0 Å². The first kappa shape index (κ1) is 11.9. The summed E-state index contributed by atoms with van der Waals surface area (Å²) in [6, 6.07) is 7.30. The molecule has 0 fully saturated rings. The molecule has 5 heteroatoms. The summed E-state index contributed by atoms with van der Waals surface area (Å²) in [6.45, 7) is 0.180. The van der Waals surface area contributed by atoms with Gasteiger partial charge in [-0.15, -0.1) is 0 Å². The number of amides is 2. The number of rotatable bonds is 3. The van der Waals surface area contributed by atoms with Crippen LogP contribution in [0.25, 0.3) is 0 Å². The Hall–Kier alpha value is -1.59. The average molecular weight is 236 g/mol. The third-order valence-corrected chi connectivity index (χ3v) is 3.06. The third-order valence-electron chi connectivity index (χ3n) is 3.06. The summed E-state index contributed by atoms with van der Waals surface area (Å²) in [5.41, 5.74) is 3.22. The maximum absolute atomic E-state index is 11.2. The van der Waals surface area contributed by atoms with Gasteiger partial charge in [0.2, 0.25) is 0 Å². The number of carbonyl (C=O) groups excluding carboxylic acids is 1. The highest BCUT2D eigenvalue weighted by Gasteiger charge is 2.36. The van der Waals surface area contributed by atoms with Gasteiger partial charge >= 0.3 is 6.03 Å². The van der Waals surface area contributed by atoms with E-state index in [1.807, 2.05) is 24.3 Å². The van der Waals surface area contributed by atoms with Gasteiger partial charge in [-0.05, 0) is 24.0 Å². The lowest BCUT2D eigenvalue weighted by Gasteiger charge is -2.24. The molecule has 1 aliphatic carbocycles. The van der Waals surface area contributed by atoms with Crippen molar-refractivity contribution in [3.05, 3.63) is 35.4 Å². The van der Waals surface area contributed by atoms with E-state index in [9.17, 15) is 9.90 Å². The molecule has 0 unspecified atom stereocenters. The lowest BCUT2D eigenvalue weighted by atomic mass is 9.96. The van der Waals surface area contributed by atoms with Gasteiger partial charge in [0.05, 0.1) is 13.7 Å². The van der Waals surface area contributed by atoms with Gasteiger partial charge in [-0.25, -0.2) is 10.3 Å². The molecule has 0 aromatic heterocycles. The van der Waals surface area contributed by atoms with E-state index >= 15 is 0 Å². The standard InChI is InChI=1S/C12H16N2O3/c1-17-14-11(15)13-8-12(16)7-6-9-4-2-3-5-10(9)12/h2-5,16H,6-8H2,1H3,(H2,13,14,15)/t12-/m1/s1. The zero-order chi connectivity index (χ0) is 12.3. The van der Waals surface area contributed by atoms with E-state index in [0.29, 0.717) is 6.42 Å². The van der Waals surface area contributed by atoms with E-state index in [2.05, 4.69) is 15.6 Å². The predicted molar refractivity (Wildman–Crippen MR) is 62.2 cm³/mol. The summed E-state index contributed by atoms with van der Waals surface area (Å²) in [5.74, 6) is 0. The molecule has 1 aliphatic rings. The Morgan fingerprint density at radius 2 is 2.29 bits per heavy atom. The maximum Gasteiger partial charge on any atom is 0.338 e. The smallest absolute Gasteiger partial charge is 0.338 e. The second-order valence-corrected chi connectivity index (χ2v) is 4.18. The van der Waals surface area contributed by atoms with Crippen molar-refractivity contribution >= 4 is 6.03 Å². The highest BCUT2D eigenvalue weighted by molar-refractivity contribution is 5.72. The first-order valence-corrected chi connectivity index (χ1v) is 5.53. The molecular formula is C12H16N2O3. The summed E-state index contributed by atoms with van der Waals surface area (Å²) in [4.78, 5) is 15.7. The van der Waals surface area contributed by atoms with Crippen LogP contribution in [0.3, 0.4) is 0 Å². The minimum Gasteiger partial charge on any atom is -0.383 e. The highest BCUT2D eigenvalue weighted by Crippen LogP contribution is 2.35. The van der Waals surface area contributed by atoms with Crippen LogP contribution in [0.5, 0.6) is 0 Å². The zero-order valence-electron chi connectivity index (χ0n) is 9.69. The van der Waals surface area contributed by atoms with Crippen molar-refractivity contribution in [1.82, 2.24) is 10.8 Å². The molecule has 1 atom stereocenters. The van der Waals surface area contributed by atoms with Gasteiger partial charge in [0, 0.05) is 0 Å². The van der Waals surface area contributed by atoms with Crippen molar-refractivity contribution in [2.45, 2.75) is 18.4 Å². The number of urea groups is 1. The van der Waals surface area contributed by atoms with Crippen molar-refractivity contribution < 1.29 is 14.7 Å². The van der Waals surface area contributed by atoms with Gasteiger partial charge in [0.25, 0.3) is 0 Å². The molecular weight excluding hydrogens is 220 g/mol. The Morgan fingerprint density at radius 1 is 1.53 bits per heavy atom. The SMILES string of the molecule is CONC(=O)NC[C@]1(O)CCc2ccccc21. The minimum atomic E-state index is -0.971. The Bertz CT molecular complexity index is 422. The molecule has 0 bridgehead atoms. The van der Waals surface area contributed by atoms with E-state index in [1.165, 1.54) is 7.11 Å². The summed E-state index contributed by atoms with van der Waals surface area (Å²) in [7, 11) is 1.36. The predicted octanol–water partition coefficient (Wildman–Crippen LogP) is 0.681. The van der Waals surface area contributed by atoms with Crippen molar-refractivity contribution in [3.63, 3.8) is 0 Å². The Balaban J connectivity index is 2.04. The second-order valence-electron chi connectivity index (χ2n) is 4.18. The fourth-order valence-electron chi connectivity index (χ4n) is 2.21. The van der Waals surface area contributed by atoms with Crippen LogP contribution in [0.4, 0.5) is 4.79 Å². The Kier molecular flexibility index (Phi) is 3.31. The second kappa shape index (κ2) is 4.73. The van der Waals surface area contributed by atoms with Crippen LogP contribution >= 0.6 is 0 Å². The number of aryl methyl sites for hydroxylation is 1. The summed E-state index contributed by atoms with van der Waals surface area (Å²) in [5, 5.41) is 13.1. The van der Waals surface area contributed by atoms with Crippen molar-refractivity contribution in [1.29, 1.82) is 0 Å². The molecule has 1 aromatic rings. The Labute approximate surface area is 99.7 Å². The van der Waals surface area contributed by atoms with Gasteiger partial charge in [-0.3, -0.25) is 4.84 Å². The molecule has 1 aromatic carbocycles. The molecule has 2 amide bonds. The van der Waals surface area contributed by atoms with Crippen LogP contribution in [0.15, 0.2) is 24.3 Å². The van der Waals surface area contributed by atoms with E-state index < -0.39 is 11.6 Å². The van der Waals surface area contributed by atoms with E-state index in [0.717, 1.165) is 17.5 Å². The number of aliphatic hydroxyl groups is 1. The molecule has 0 saturated carbocycles. The number of nitrogens with one attached hydrogen (secondary N) is 2. The number of hydroxylamine groups is 1. The van der Waals surface area contributed by atoms with Crippen LogP contribution < -0.4 is 10.8 Å². The molecule has 92 valence electrons. The normalized spacial score (nSPS) is 22.0. The van der Waals surface area contributed by atoms with E-state index in [1.54, 1.807) is 0 Å². The van der Waals surface area contributed by atoms with Crippen molar-refractivity contribution in [2.24, 2.45) is 0 Å². The van der Waals surface area contributed by atoms with Gasteiger partial charge in [0.1, 0.15) is 5.60 Å². The van der Waals surface area contributed by atoms with E-state index in [4.69, 9.17) is 0 Å². The van der Waals surface area contributed by atoms with Gasteiger partial charge in [-0.1, -0.05) is 24.3 Å². The molecule has 0 saturated heterocycles. The molecule has 0 spiro atoms. The van der Waals surface area contributed by atoms with Crippen LogP contribution in [-0.2, 0) is 16.9 Å². The van der Waals surface area contributed by atoms with Crippen molar-refractivity contribution in [2.75, 3.05) is 13.7 Å². The number of carbonyl (C=O) groups is 1. The van der Waals surface area contributed by atoms with Crippen LogP contribution in [0.2, 0.25) is 0 Å². The fourth-order valence-corrected chi connectivity index (χ4v) is 2.21.